The van der Waals surface area contributed by atoms with Crippen molar-refractivity contribution in [3.05, 3.63) is 63.1 Å². The number of aryl methyl sites for hydroxylation is 2. The summed E-state index contributed by atoms with van der Waals surface area (Å²) in [6.45, 7) is 8.64. The number of H-pyrrole nitrogens is 1. The Morgan fingerprint density at radius 2 is 1.92 bits per heavy atom. The molecule has 0 amide bonds. The van der Waals surface area contributed by atoms with E-state index in [0.717, 1.165) is 17.5 Å². The smallest absolute Gasteiger partial charge is 0.338 e. The molecule has 0 aliphatic heterocycles. The number of hydrogen-bond acceptors (Lipinski definition) is 4. The number of pyridine rings is 1. The first-order valence-corrected chi connectivity index (χ1v) is 8.45. The van der Waals surface area contributed by atoms with E-state index < -0.39 is 5.97 Å². The Hall–Kier alpha value is -2.56. The largest absolute Gasteiger partial charge is 0.488 e. The molecule has 25 heavy (non-hydrogen) atoms. The number of rotatable bonds is 7. The van der Waals surface area contributed by atoms with Crippen LogP contribution >= 0.6 is 0 Å². The number of nitrogens with one attached hydrogen (secondary N) is 1. The second-order valence-electron chi connectivity index (χ2n) is 6.59. The molecule has 0 spiro atoms. The van der Waals surface area contributed by atoms with Crippen molar-refractivity contribution in [2.75, 3.05) is 6.61 Å². The molecule has 1 N–H and O–H groups in total. The minimum Gasteiger partial charge on any atom is -0.488 e. The Labute approximate surface area is 148 Å². The van der Waals surface area contributed by atoms with E-state index in [1.807, 2.05) is 19.9 Å². The Balaban J connectivity index is 1.94. The molecule has 0 radical (unpaired) electrons. The van der Waals surface area contributed by atoms with E-state index in [-0.39, 0.29) is 17.8 Å². The maximum atomic E-state index is 12.1. The molecular weight excluding hydrogens is 318 g/mol. The van der Waals surface area contributed by atoms with Crippen LogP contribution in [0.5, 0.6) is 5.75 Å². The first-order valence-electron chi connectivity index (χ1n) is 8.45. The van der Waals surface area contributed by atoms with Gasteiger partial charge in [-0.3, -0.25) is 4.79 Å². The maximum absolute atomic E-state index is 12.1. The molecule has 0 atom stereocenters. The lowest BCUT2D eigenvalue weighted by atomic mass is 10.1. The first kappa shape index (κ1) is 18.8. The van der Waals surface area contributed by atoms with Crippen molar-refractivity contribution < 1.29 is 14.3 Å². The SMILES string of the molecule is Cc1ccc(C(=O)OCc2cc(=O)c(OCCC(C)C)c[nH]2)cc1C. The Kier molecular flexibility index (Phi) is 6.39. The molecule has 0 aliphatic carbocycles. The third-order valence-electron chi connectivity index (χ3n) is 3.99. The van der Waals surface area contributed by atoms with Gasteiger partial charge in [0.2, 0.25) is 5.43 Å². The van der Waals surface area contributed by atoms with Gasteiger partial charge < -0.3 is 14.5 Å². The highest BCUT2D eigenvalue weighted by atomic mass is 16.5. The fourth-order valence-corrected chi connectivity index (χ4v) is 2.20. The number of hydrogen-bond donors (Lipinski definition) is 1. The summed E-state index contributed by atoms with van der Waals surface area (Å²) in [5, 5.41) is 0. The predicted molar refractivity (Wildman–Crippen MR) is 97.0 cm³/mol. The van der Waals surface area contributed by atoms with Crippen LogP contribution in [0.1, 0.15) is 47.4 Å². The van der Waals surface area contributed by atoms with Crippen LogP contribution in [0, 0.1) is 19.8 Å². The van der Waals surface area contributed by atoms with Gasteiger partial charge in [-0.2, -0.15) is 0 Å². The van der Waals surface area contributed by atoms with Crippen molar-refractivity contribution in [3.8, 4) is 5.75 Å². The fourth-order valence-electron chi connectivity index (χ4n) is 2.20. The van der Waals surface area contributed by atoms with Gasteiger partial charge >= 0.3 is 5.97 Å². The summed E-state index contributed by atoms with van der Waals surface area (Å²) in [6.07, 6.45) is 2.40. The number of benzene rings is 1. The quantitative estimate of drug-likeness (QED) is 0.777. The zero-order valence-electron chi connectivity index (χ0n) is 15.2. The summed E-state index contributed by atoms with van der Waals surface area (Å²) < 4.78 is 10.7. The van der Waals surface area contributed by atoms with Crippen LogP contribution in [0.25, 0.3) is 0 Å². The molecule has 0 unspecified atom stereocenters. The summed E-state index contributed by atoms with van der Waals surface area (Å²) in [7, 11) is 0. The number of esters is 1. The van der Waals surface area contributed by atoms with Crippen LogP contribution in [0.3, 0.4) is 0 Å². The van der Waals surface area contributed by atoms with Crippen LogP contribution in [-0.4, -0.2) is 17.6 Å². The average Bonchev–Trinajstić information content (AvgIpc) is 2.56. The molecular formula is C20H25NO4. The van der Waals surface area contributed by atoms with Crippen molar-refractivity contribution in [1.29, 1.82) is 0 Å². The van der Waals surface area contributed by atoms with Gasteiger partial charge in [0.15, 0.2) is 5.75 Å². The zero-order valence-corrected chi connectivity index (χ0v) is 15.2. The number of aromatic amines is 1. The number of ether oxygens (including phenoxy) is 2. The predicted octanol–water partition coefficient (Wildman–Crippen LogP) is 3.77. The molecule has 5 nitrogen and oxygen atoms in total. The monoisotopic (exact) mass is 343 g/mol. The van der Waals surface area contributed by atoms with E-state index in [1.54, 1.807) is 12.1 Å². The van der Waals surface area contributed by atoms with Gasteiger partial charge in [0.05, 0.1) is 17.9 Å². The van der Waals surface area contributed by atoms with E-state index in [9.17, 15) is 9.59 Å². The highest BCUT2D eigenvalue weighted by molar-refractivity contribution is 5.89. The van der Waals surface area contributed by atoms with Crippen LogP contribution in [0.2, 0.25) is 0 Å². The molecule has 5 heteroatoms. The van der Waals surface area contributed by atoms with Gasteiger partial charge in [-0.1, -0.05) is 19.9 Å². The second kappa shape index (κ2) is 8.51. The topological polar surface area (TPSA) is 68.4 Å². The average molecular weight is 343 g/mol. The summed E-state index contributed by atoms with van der Waals surface area (Å²) >= 11 is 0. The van der Waals surface area contributed by atoms with Crippen molar-refractivity contribution in [2.45, 2.75) is 40.7 Å². The minimum absolute atomic E-state index is 0.00721. The molecule has 2 aromatic rings. The molecule has 0 saturated carbocycles. The maximum Gasteiger partial charge on any atom is 0.338 e. The Morgan fingerprint density at radius 3 is 2.56 bits per heavy atom. The molecule has 1 heterocycles. The molecule has 1 aromatic heterocycles. The van der Waals surface area contributed by atoms with E-state index in [1.165, 1.54) is 12.3 Å². The van der Waals surface area contributed by atoms with Crippen LogP contribution in [-0.2, 0) is 11.3 Å². The van der Waals surface area contributed by atoms with Crippen LogP contribution < -0.4 is 10.2 Å². The third-order valence-corrected chi connectivity index (χ3v) is 3.99. The van der Waals surface area contributed by atoms with Gasteiger partial charge in [-0.15, -0.1) is 0 Å². The highest BCUT2D eigenvalue weighted by Gasteiger charge is 2.10. The van der Waals surface area contributed by atoms with E-state index in [2.05, 4.69) is 18.8 Å². The molecule has 0 saturated heterocycles. The molecule has 2 rings (SSSR count). The van der Waals surface area contributed by atoms with E-state index >= 15 is 0 Å². The summed E-state index contributed by atoms with van der Waals surface area (Å²) in [5.41, 5.74) is 2.96. The fraction of sp³-hybridized carbons (Fsp3) is 0.400. The molecule has 0 aliphatic rings. The summed E-state index contributed by atoms with van der Waals surface area (Å²) in [5.74, 6) is 0.384. The van der Waals surface area contributed by atoms with Gasteiger partial charge in [0, 0.05) is 12.3 Å². The van der Waals surface area contributed by atoms with Gasteiger partial charge in [0.1, 0.15) is 6.61 Å². The van der Waals surface area contributed by atoms with Crippen molar-refractivity contribution in [1.82, 2.24) is 4.98 Å². The highest BCUT2D eigenvalue weighted by Crippen LogP contribution is 2.12. The van der Waals surface area contributed by atoms with Gasteiger partial charge in [-0.05, 0) is 49.4 Å². The standard InChI is InChI=1S/C20H25NO4/c1-13(2)7-8-24-19-11-21-17(10-18(19)22)12-25-20(23)16-6-5-14(3)15(4)9-16/h5-6,9-11,13H,7-8,12H2,1-4H3,(H,21,22). The molecule has 0 fully saturated rings. The van der Waals surface area contributed by atoms with Crippen molar-refractivity contribution >= 4 is 5.97 Å². The molecule has 134 valence electrons. The van der Waals surface area contributed by atoms with Crippen molar-refractivity contribution in [2.24, 2.45) is 5.92 Å². The van der Waals surface area contributed by atoms with Gasteiger partial charge in [-0.25, -0.2) is 4.79 Å². The lowest BCUT2D eigenvalue weighted by molar-refractivity contribution is 0.0467. The number of aromatic nitrogens is 1. The Bertz CT molecular complexity index is 793. The van der Waals surface area contributed by atoms with Gasteiger partial charge in [0.25, 0.3) is 0 Å². The Morgan fingerprint density at radius 1 is 1.16 bits per heavy atom. The summed E-state index contributed by atoms with van der Waals surface area (Å²) in [4.78, 5) is 27.1. The lowest BCUT2D eigenvalue weighted by Crippen LogP contribution is -2.13. The summed E-state index contributed by atoms with van der Waals surface area (Å²) in [6, 6.07) is 6.82. The first-order chi connectivity index (χ1) is 11.9. The third kappa shape index (κ3) is 5.48. The second-order valence-corrected chi connectivity index (χ2v) is 6.59. The van der Waals surface area contributed by atoms with E-state index in [4.69, 9.17) is 9.47 Å². The molecule has 0 bridgehead atoms. The number of carbonyl (C=O) groups is 1. The normalized spacial score (nSPS) is 10.8. The number of carbonyl (C=O) groups excluding carboxylic acids is 1. The lowest BCUT2D eigenvalue weighted by Gasteiger charge is -2.09. The minimum atomic E-state index is -0.416. The van der Waals surface area contributed by atoms with Crippen LogP contribution in [0.4, 0.5) is 0 Å². The molecule has 1 aromatic carbocycles. The van der Waals surface area contributed by atoms with Crippen LogP contribution in [0.15, 0.2) is 35.3 Å². The van der Waals surface area contributed by atoms with E-state index in [0.29, 0.717) is 23.8 Å². The van der Waals surface area contributed by atoms with Crippen molar-refractivity contribution in [3.63, 3.8) is 0 Å². The zero-order chi connectivity index (χ0) is 18.4.